The summed E-state index contributed by atoms with van der Waals surface area (Å²) in [6, 6.07) is -1.49. The quantitative estimate of drug-likeness (QED) is 0.489. The van der Waals surface area contributed by atoms with Crippen LogP contribution in [-0.4, -0.2) is 50.8 Å². The zero-order chi connectivity index (χ0) is 25.0. The molecule has 0 aliphatic heterocycles. The lowest BCUT2D eigenvalue weighted by Crippen LogP contribution is -2.51. The summed E-state index contributed by atoms with van der Waals surface area (Å²) in [7, 11) is -1.20. The molecule has 0 saturated heterocycles. The fraction of sp³-hybridized carbons (Fsp3) is 0.762. The number of amides is 2. The van der Waals surface area contributed by atoms with E-state index in [0.717, 1.165) is 5.92 Å². The Bertz CT molecular complexity index is 634. The number of ether oxygens (including phenoxy) is 2. The standard InChI is InChI=1S/C17H28FNO7S.C4H10/c1-16(2,3)24-13(20)12(10-8-9-11-27(7)23)19(15(22)26-18)14(21)25-17(4,5)6;1-4(2)3/h9,11-12H,8,10H2,1-7H3;4H,1-3H3/b11-9+;. The molecule has 0 aromatic rings. The molecular formula is C21H38FNO7S. The number of esters is 1. The molecule has 0 fully saturated rings. The molecule has 2 amide bonds. The fourth-order valence-corrected chi connectivity index (χ4v) is 2.26. The Morgan fingerprint density at radius 3 is 1.77 bits per heavy atom. The summed E-state index contributed by atoms with van der Waals surface area (Å²) in [6.07, 6.45) is 0.100. The number of imide groups is 1. The highest BCUT2D eigenvalue weighted by atomic mass is 32.2. The molecule has 182 valence electrons. The summed E-state index contributed by atoms with van der Waals surface area (Å²) < 4.78 is 34.0. The van der Waals surface area contributed by atoms with Gasteiger partial charge in [-0.05, 0) is 65.7 Å². The SMILES string of the molecule is CC(C)C.CS(=O)/C=C/CCC(C(=O)OC(C)(C)C)N(C(=O)OF)C(=O)OC(C)(C)C. The van der Waals surface area contributed by atoms with Gasteiger partial charge in [0.25, 0.3) is 0 Å². The van der Waals surface area contributed by atoms with Gasteiger partial charge in [-0.25, -0.2) is 19.3 Å². The smallest absolute Gasteiger partial charge is 0.457 e. The second kappa shape index (κ2) is 14.2. The van der Waals surface area contributed by atoms with E-state index in [0.29, 0.717) is 0 Å². The second-order valence-corrected chi connectivity index (χ2v) is 10.7. The maximum Gasteiger partial charge on any atom is 0.457 e. The van der Waals surface area contributed by atoms with E-state index in [1.165, 1.54) is 17.7 Å². The number of hydrogen-bond donors (Lipinski definition) is 0. The van der Waals surface area contributed by atoms with Gasteiger partial charge in [0.05, 0.1) is 0 Å². The highest BCUT2D eigenvalue weighted by molar-refractivity contribution is 7.87. The van der Waals surface area contributed by atoms with Gasteiger partial charge in [-0.15, -0.1) is 0 Å². The van der Waals surface area contributed by atoms with E-state index in [1.54, 1.807) is 41.5 Å². The largest absolute Gasteiger partial charge is 0.458 e. The van der Waals surface area contributed by atoms with Gasteiger partial charge in [-0.3, -0.25) is 4.21 Å². The van der Waals surface area contributed by atoms with Crippen molar-refractivity contribution in [1.82, 2.24) is 4.90 Å². The molecule has 0 saturated carbocycles. The summed E-state index contributed by atoms with van der Waals surface area (Å²) >= 11 is 0. The van der Waals surface area contributed by atoms with Gasteiger partial charge in [0, 0.05) is 21.6 Å². The predicted octanol–water partition coefficient (Wildman–Crippen LogP) is 5.29. The number of hydrogen-bond acceptors (Lipinski definition) is 7. The Balaban J connectivity index is 0. The van der Waals surface area contributed by atoms with Crippen LogP contribution in [0.3, 0.4) is 0 Å². The van der Waals surface area contributed by atoms with Crippen LogP contribution in [0, 0.1) is 5.92 Å². The molecule has 8 nitrogen and oxygen atoms in total. The molecule has 0 spiro atoms. The van der Waals surface area contributed by atoms with Crippen LogP contribution in [0.4, 0.5) is 14.1 Å². The number of halogens is 1. The Morgan fingerprint density at radius 2 is 1.42 bits per heavy atom. The van der Waals surface area contributed by atoms with Gasteiger partial charge < -0.3 is 9.47 Å². The fourth-order valence-electron chi connectivity index (χ4n) is 1.86. The first kappa shape index (κ1) is 31.2. The molecule has 0 rings (SSSR count). The topological polar surface area (TPSA) is 99.2 Å². The first-order chi connectivity index (χ1) is 13.9. The highest BCUT2D eigenvalue weighted by Crippen LogP contribution is 2.20. The Morgan fingerprint density at radius 1 is 0.968 bits per heavy atom. The van der Waals surface area contributed by atoms with Crippen LogP contribution in [0.15, 0.2) is 11.5 Å². The zero-order valence-corrected chi connectivity index (χ0v) is 21.1. The molecule has 0 heterocycles. The molecule has 2 atom stereocenters. The van der Waals surface area contributed by atoms with Crippen LogP contribution in [-0.2, 0) is 30.0 Å². The average molecular weight is 468 g/mol. The lowest BCUT2D eigenvalue weighted by Gasteiger charge is -2.31. The molecule has 2 unspecified atom stereocenters. The van der Waals surface area contributed by atoms with Crippen LogP contribution in [0.1, 0.15) is 75.2 Å². The van der Waals surface area contributed by atoms with Crippen LogP contribution in [0.25, 0.3) is 0 Å². The minimum atomic E-state index is -1.69. The molecule has 31 heavy (non-hydrogen) atoms. The van der Waals surface area contributed by atoms with E-state index in [2.05, 4.69) is 25.7 Å². The molecule has 0 radical (unpaired) electrons. The first-order valence-corrected chi connectivity index (χ1v) is 11.6. The zero-order valence-electron chi connectivity index (χ0n) is 20.3. The number of carbonyl (C=O) groups is 3. The predicted molar refractivity (Wildman–Crippen MR) is 118 cm³/mol. The lowest BCUT2D eigenvalue weighted by atomic mass is 10.1. The summed E-state index contributed by atoms with van der Waals surface area (Å²) in [4.78, 5) is 40.2. The van der Waals surface area contributed by atoms with E-state index >= 15 is 0 Å². The molecular weight excluding hydrogens is 429 g/mol. The van der Waals surface area contributed by atoms with Crippen molar-refractivity contribution in [3.8, 4) is 0 Å². The van der Waals surface area contributed by atoms with Crippen molar-refractivity contribution in [2.24, 2.45) is 5.92 Å². The number of nitrogens with zero attached hydrogens (tertiary/aromatic N) is 1. The van der Waals surface area contributed by atoms with Crippen molar-refractivity contribution in [1.29, 1.82) is 0 Å². The maximum absolute atomic E-state index is 12.6. The summed E-state index contributed by atoms with van der Waals surface area (Å²) in [6.45, 7) is 16.0. The Kier molecular flexibility index (Phi) is 14.3. The van der Waals surface area contributed by atoms with Crippen LogP contribution in [0.2, 0.25) is 0 Å². The molecule has 0 aliphatic rings. The van der Waals surface area contributed by atoms with Crippen molar-refractivity contribution < 1.29 is 37.5 Å². The van der Waals surface area contributed by atoms with Gasteiger partial charge in [0.2, 0.25) is 0 Å². The Hall–Kier alpha value is -1.97. The van der Waals surface area contributed by atoms with Crippen molar-refractivity contribution in [3.63, 3.8) is 0 Å². The van der Waals surface area contributed by atoms with Crippen LogP contribution >= 0.6 is 0 Å². The number of rotatable bonds is 6. The number of carbonyl (C=O) groups excluding carboxylic acids is 3. The molecule has 10 heteroatoms. The first-order valence-electron chi connectivity index (χ1n) is 9.97. The van der Waals surface area contributed by atoms with Gasteiger partial charge in [0.15, 0.2) is 0 Å². The van der Waals surface area contributed by atoms with Crippen LogP contribution in [0.5, 0.6) is 0 Å². The van der Waals surface area contributed by atoms with Crippen molar-refractivity contribution in [2.75, 3.05) is 6.26 Å². The van der Waals surface area contributed by atoms with Gasteiger partial charge in [-0.2, -0.15) is 4.90 Å². The maximum atomic E-state index is 12.6. The molecule has 0 bridgehead atoms. The van der Waals surface area contributed by atoms with E-state index in [-0.39, 0.29) is 17.7 Å². The summed E-state index contributed by atoms with van der Waals surface area (Å²) in [5, 5.41) is 1.39. The minimum Gasteiger partial charge on any atom is -0.458 e. The summed E-state index contributed by atoms with van der Waals surface area (Å²) in [5.41, 5.74) is -1.90. The minimum absolute atomic E-state index is 0.100. The molecule has 0 aliphatic carbocycles. The monoisotopic (exact) mass is 467 g/mol. The van der Waals surface area contributed by atoms with E-state index in [9.17, 15) is 23.1 Å². The van der Waals surface area contributed by atoms with Gasteiger partial charge in [-0.1, -0.05) is 26.8 Å². The normalized spacial score (nSPS) is 13.7. The van der Waals surface area contributed by atoms with E-state index in [4.69, 9.17) is 9.47 Å². The van der Waals surface area contributed by atoms with Gasteiger partial charge >= 0.3 is 18.2 Å². The van der Waals surface area contributed by atoms with Gasteiger partial charge in [0.1, 0.15) is 17.2 Å². The third-order valence-electron chi connectivity index (χ3n) is 2.74. The average Bonchev–Trinajstić information content (AvgIpc) is 2.52. The third-order valence-corrected chi connectivity index (χ3v) is 3.31. The van der Waals surface area contributed by atoms with Crippen LogP contribution < -0.4 is 0 Å². The second-order valence-electron chi connectivity index (χ2n) is 9.42. The van der Waals surface area contributed by atoms with Crippen molar-refractivity contribution in [3.05, 3.63) is 11.5 Å². The highest BCUT2D eigenvalue weighted by Gasteiger charge is 2.41. The Labute approximate surface area is 187 Å². The number of allylic oxidation sites excluding steroid dienone is 1. The van der Waals surface area contributed by atoms with E-state index < -0.39 is 46.2 Å². The lowest BCUT2D eigenvalue weighted by molar-refractivity contribution is -0.162. The third kappa shape index (κ3) is 17.4. The van der Waals surface area contributed by atoms with Crippen molar-refractivity contribution in [2.45, 2.75) is 92.4 Å². The van der Waals surface area contributed by atoms with Crippen molar-refractivity contribution >= 4 is 29.0 Å². The van der Waals surface area contributed by atoms with E-state index in [1.807, 2.05) is 0 Å². The molecule has 0 aromatic heterocycles. The molecule has 0 N–H and O–H groups in total. The molecule has 0 aromatic carbocycles. The summed E-state index contributed by atoms with van der Waals surface area (Å²) in [5.74, 6) is -0.0928.